The molecule has 1 saturated carbocycles. The van der Waals surface area contributed by atoms with Crippen molar-refractivity contribution in [3.63, 3.8) is 0 Å². The van der Waals surface area contributed by atoms with Crippen LogP contribution in [-0.4, -0.2) is 44.1 Å². The Balaban J connectivity index is 1.47. The van der Waals surface area contributed by atoms with Crippen LogP contribution < -0.4 is 5.32 Å². The maximum atomic E-state index is 13.8. The van der Waals surface area contributed by atoms with E-state index in [1.807, 2.05) is 4.68 Å². The molecule has 1 aliphatic carbocycles. The lowest BCUT2D eigenvalue weighted by molar-refractivity contribution is 0.0731. The minimum atomic E-state index is -0.382. The van der Waals surface area contributed by atoms with Crippen LogP contribution in [-0.2, 0) is 19.5 Å². The van der Waals surface area contributed by atoms with E-state index in [4.69, 9.17) is 5.10 Å². The Morgan fingerprint density at radius 2 is 1.97 bits per heavy atom. The van der Waals surface area contributed by atoms with E-state index in [0.29, 0.717) is 53.3 Å². The third-order valence-electron chi connectivity index (χ3n) is 7.00. The van der Waals surface area contributed by atoms with Gasteiger partial charge < -0.3 is 10.2 Å². The number of nitrogens with one attached hydrogen (secondary N) is 1. The summed E-state index contributed by atoms with van der Waals surface area (Å²) in [5, 5.41) is 8.52. The van der Waals surface area contributed by atoms with Gasteiger partial charge in [-0.25, -0.2) is 4.39 Å². The van der Waals surface area contributed by atoms with Gasteiger partial charge in [-0.2, -0.15) is 5.10 Å². The Hall–Kier alpha value is -3.29. The lowest BCUT2D eigenvalue weighted by atomic mass is 10.0. The van der Waals surface area contributed by atoms with Crippen LogP contribution >= 0.6 is 0 Å². The van der Waals surface area contributed by atoms with Gasteiger partial charge in [-0.1, -0.05) is 26.7 Å². The highest BCUT2D eigenvalue weighted by atomic mass is 19.1. The molecule has 3 heterocycles. The van der Waals surface area contributed by atoms with Crippen molar-refractivity contribution in [3.8, 4) is 0 Å². The molecule has 35 heavy (non-hydrogen) atoms. The standard InChI is InChI=1S/C27H32FN5O2/c1-16(2)14-33-24-10-11-32(15-22(24)25(31-33)26(34)30-19-6-4-5-7-19)27(35)21-12-17(3)29-23-13-18(28)8-9-20(21)23/h8-9,12-13,16,19H,4-7,10-11,14-15H2,1-3H3,(H,30,34). The topological polar surface area (TPSA) is 80.1 Å². The average Bonchev–Trinajstić information content (AvgIpc) is 3.45. The number of amides is 2. The number of aromatic nitrogens is 3. The van der Waals surface area contributed by atoms with Gasteiger partial charge in [0.25, 0.3) is 11.8 Å². The Morgan fingerprint density at radius 1 is 1.20 bits per heavy atom. The molecule has 1 aromatic carbocycles. The maximum Gasteiger partial charge on any atom is 0.272 e. The van der Waals surface area contributed by atoms with Crippen LogP contribution in [0.25, 0.3) is 10.9 Å². The largest absolute Gasteiger partial charge is 0.348 e. The van der Waals surface area contributed by atoms with Crippen LogP contribution in [0.2, 0.25) is 0 Å². The van der Waals surface area contributed by atoms with Crippen molar-refractivity contribution in [1.82, 2.24) is 25.0 Å². The summed E-state index contributed by atoms with van der Waals surface area (Å²) < 4.78 is 15.8. The Morgan fingerprint density at radius 3 is 2.71 bits per heavy atom. The second-order valence-electron chi connectivity index (χ2n) is 10.3. The average molecular weight is 478 g/mol. The molecule has 0 spiro atoms. The van der Waals surface area contributed by atoms with Crippen LogP contribution in [0.4, 0.5) is 4.39 Å². The predicted octanol–water partition coefficient (Wildman–Crippen LogP) is 4.41. The number of hydrogen-bond donors (Lipinski definition) is 1. The first kappa shape index (κ1) is 23.5. The maximum absolute atomic E-state index is 13.8. The van der Waals surface area contributed by atoms with Gasteiger partial charge in [0.05, 0.1) is 17.6 Å². The van der Waals surface area contributed by atoms with Crippen LogP contribution in [0.3, 0.4) is 0 Å². The molecule has 1 N–H and O–H groups in total. The predicted molar refractivity (Wildman–Crippen MR) is 132 cm³/mol. The Labute approximate surface area is 204 Å². The van der Waals surface area contributed by atoms with E-state index >= 15 is 0 Å². The minimum absolute atomic E-state index is 0.142. The van der Waals surface area contributed by atoms with Gasteiger partial charge in [-0.3, -0.25) is 19.3 Å². The summed E-state index contributed by atoms with van der Waals surface area (Å²) in [4.78, 5) is 33.1. The van der Waals surface area contributed by atoms with Crippen molar-refractivity contribution >= 4 is 22.7 Å². The molecule has 1 aliphatic heterocycles. The molecule has 2 amide bonds. The number of fused-ring (bicyclic) bond motifs is 2. The van der Waals surface area contributed by atoms with Crippen molar-refractivity contribution in [2.75, 3.05) is 6.54 Å². The third-order valence-corrected chi connectivity index (χ3v) is 7.00. The van der Waals surface area contributed by atoms with E-state index in [1.54, 1.807) is 24.0 Å². The summed E-state index contributed by atoms with van der Waals surface area (Å²) in [5.41, 5.74) is 3.93. The molecule has 0 bridgehead atoms. The number of benzene rings is 1. The third kappa shape index (κ3) is 4.66. The summed E-state index contributed by atoms with van der Waals surface area (Å²) >= 11 is 0. The molecule has 2 aliphatic rings. The summed E-state index contributed by atoms with van der Waals surface area (Å²) in [6.07, 6.45) is 4.90. The quantitative estimate of drug-likeness (QED) is 0.591. The first-order valence-electron chi connectivity index (χ1n) is 12.6. The number of pyridine rings is 1. The second-order valence-corrected chi connectivity index (χ2v) is 10.3. The van der Waals surface area contributed by atoms with Gasteiger partial charge in [0, 0.05) is 54.0 Å². The van der Waals surface area contributed by atoms with Crippen molar-refractivity contribution in [2.24, 2.45) is 5.92 Å². The lowest BCUT2D eigenvalue weighted by Crippen LogP contribution is -2.38. The molecule has 0 atom stereocenters. The molecular formula is C27H32FN5O2. The molecule has 8 heteroatoms. The van der Waals surface area contributed by atoms with Crippen LogP contribution in [0.5, 0.6) is 0 Å². The van der Waals surface area contributed by atoms with Crippen LogP contribution in [0.1, 0.15) is 77.3 Å². The first-order chi connectivity index (χ1) is 16.8. The molecule has 5 rings (SSSR count). The molecule has 1 fully saturated rings. The van der Waals surface area contributed by atoms with Gasteiger partial charge in [0.2, 0.25) is 0 Å². The lowest BCUT2D eigenvalue weighted by Gasteiger charge is -2.28. The molecule has 0 saturated heterocycles. The Bertz CT molecular complexity index is 1290. The van der Waals surface area contributed by atoms with E-state index in [0.717, 1.165) is 43.5 Å². The zero-order valence-corrected chi connectivity index (χ0v) is 20.6. The molecule has 2 aromatic heterocycles. The van der Waals surface area contributed by atoms with Crippen molar-refractivity contribution < 1.29 is 14.0 Å². The Kier molecular flexibility index (Phi) is 6.30. The normalized spacial score (nSPS) is 16.2. The molecule has 0 unspecified atom stereocenters. The number of aryl methyl sites for hydroxylation is 1. The van der Waals surface area contributed by atoms with E-state index in [9.17, 15) is 14.0 Å². The fourth-order valence-electron chi connectivity index (χ4n) is 5.35. The van der Waals surface area contributed by atoms with Crippen LogP contribution in [0, 0.1) is 18.7 Å². The van der Waals surface area contributed by atoms with Gasteiger partial charge in [-0.15, -0.1) is 0 Å². The number of hydrogen-bond acceptors (Lipinski definition) is 4. The van der Waals surface area contributed by atoms with Gasteiger partial charge >= 0.3 is 0 Å². The number of halogens is 1. The van der Waals surface area contributed by atoms with Crippen LogP contribution in [0.15, 0.2) is 24.3 Å². The molecule has 184 valence electrons. The SMILES string of the molecule is Cc1cc(C(=O)N2CCc3c(c(C(=O)NC4CCCC4)nn3CC(C)C)C2)c2ccc(F)cc2n1. The van der Waals surface area contributed by atoms with Crippen molar-refractivity contribution in [1.29, 1.82) is 0 Å². The smallest absolute Gasteiger partial charge is 0.272 e. The zero-order chi connectivity index (χ0) is 24.7. The number of carbonyl (C=O) groups is 2. The molecular weight excluding hydrogens is 445 g/mol. The van der Waals surface area contributed by atoms with E-state index in [1.165, 1.54) is 12.1 Å². The van der Waals surface area contributed by atoms with Crippen molar-refractivity contribution in [2.45, 2.75) is 72.0 Å². The second kappa shape index (κ2) is 9.40. The van der Waals surface area contributed by atoms with Crippen molar-refractivity contribution in [3.05, 3.63) is 58.3 Å². The summed E-state index contributed by atoms with van der Waals surface area (Å²) in [5.74, 6) is -0.287. The summed E-state index contributed by atoms with van der Waals surface area (Å²) in [6, 6.07) is 6.27. The fraction of sp³-hybridized carbons (Fsp3) is 0.481. The number of rotatable bonds is 5. The monoisotopic (exact) mass is 477 g/mol. The van der Waals surface area contributed by atoms with E-state index in [2.05, 4.69) is 24.1 Å². The molecule has 7 nitrogen and oxygen atoms in total. The minimum Gasteiger partial charge on any atom is -0.348 e. The molecule has 3 aromatic rings. The summed E-state index contributed by atoms with van der Waals surface area (Å²) in [7, 11) is 0. The van der Waals surface area contributed by atoms with E-state index < -0.39 is 0 Å². The zero-order valence-electron chi connectivity index (χ0n) is 20.6. The fourth-order valence-corrected chi connectivity index (χ4v) is 5.35. The highest BCUT2D eigenvalue weighted by Crippen LogP contribution is 2.28. The van der Waals surface area contributed by atoms with E-state index in [-0.39, 0.29) is 23.7 Å². The highest BCUT2D eigenvalue weighted by Gasteiger charge is 2.32. The molecule has 0 radical (unpaired) electrons. The van der Waals surface area contributed by atoms with Gasteiger partial charge in [-0.05, 0) is 43.9 Å². The first-order valence-corrected chi connectivity index (χ1v) is 12.6. The summed E-state index contributed by atoms with van der Waals surface area (Å²) in [6.45, 7) is 7.64. The van der Waals surface area contributed by atoms with Gasteiger partial charge in [0.15, 0.2) is 5.69 Å². The number of nitrogens with zero attached hydrogens (tertiary/aromatic N) is 4. The number of carbonyl (C=O) groups excluding carboxylic acids is 2. The highest BCUT2D eigenvalue weighted by molar-refractivity contribution is 6.06. The van der Waals surface area contributed by atoms with Gasteiger partial charge in [0.1, 0.15) is 5.82 Å².